The predicted octanol–water partition coefficient (Wildman–Crippen LogP) is 5.01. The summed E-state index contributed by atoms with van der Waals surface area (Å²) in [5.41, 5.74) is 0.726. The minimum Gasteiger partial charge on any atom is -0.316 e. The summed E-state index contributed by atoms with van der Waals surface area (Å²) >= 11 is 0. The van der Waals surface area contributed by atoms with Crippen molar-refractivity contribution >= 4 is 0 Å². The summed E-state index contributed by atoms with van der Waals surface area (Å²) in [5.74, 6) is 1.04. The number of rotatable bonds is 1. The molecule has 1 heterocycles. The first-order valence-electron chi connectivity index (χ1n) is 8.05. The third kappa shape index (κ3) is 5.42. The molecule has 1 spiro atoms. The summed E-state index contributed by atoms with van der Waals surface area (Å²) in [6.45, 7) is 12.9. The Morgan fingerprint density at radius 3 is 2.24 bits per heavy atom. The molecule has 1 saturated heterocycles. The summed E-state index contributed by atoms with van der Waals surface area (Å²) in [5, 5.41) is 3.54. The van der Waals surface area contributed by atoms with E-state index in [1.165, 1.54) is 58.0 Å². The van der Waals surface area contributed by atoms with Crippen LogP contribution in [0.1, 0.15) is 79.6 Å². The average Bonchev–Trinajstić information content (AvgIpc) is 2.77. The van der Waals surface area contributed by atoms with Gasteiger partial charge in [0, 0.05) is 6.54 Å². The van der Waals surface area contributed by atoms with Gasteiger partial charge < -0.3 is 5.32 Å². The Hall–Kier alpha value is -0.0400. The Labute approximate surface area is 110 Å². The van der Waals surface area contributed by atoms with Crippen LogP contribution in [0.2, 0.25) is 0 Å². The van der Waals surface area contributed by atoms with Crippen molar-refractivity contribution < 1.29 is 0 Å². The van der Waals surface area contributed by atoms with E-state index < -0.39 is 0 Å². The van der Waals surface area contributed by atoms with Crippen LogP contribution in [0.5, 0.6) is 0 Å². The van der Waals surface area contributed by atoms with Crippen molar-refractivity contribution in [2.24, 2.45) is 11.3 Å². The molecule has 2 atom stereocenters. The monoisotopic (exact) mass is 241 g/mol. The molecular formula is C16H35N. The molecule has 104 valence electrons. The molecule has 1 heteroatoms. The van der Waals surface area contributed by atoms with E-state index in [4.69, 9.17) is 0 Å². The maximum absolute atomic E-state index is 3.54. The smallest absolute Gasteiger partial charge is 0.000829 e. The van der Waals surface area contributed by atoms with Crippen molar-refractivity contribution in [2.75, 3.05) is 13.1 Å². The van der Waals surface area contributed by atoms with Crippen LogP contribution in [0, 0.1) is 11.3 Å². The molecule has 0 bridgehead atoms. The Balaban J connectivity index is 0.000000581. The van der Waals surface area contributed by atoms with E-state index in [1.54, 1.807) is 0 Å². The first kappa shape index (κ1) is 17.0. The Kier molecular flexibility index (Phi) is 9.91. The van der Waals surface area contributed by atoms with Gasteiger partial charge in [-0.2, -0.15) is 0 Å². The van der Waals surface area contributed by atoms with Crippen LogP contribution in [0.15, 0.2) is 0 Å². The third-order valence-corrected chi connectivity index (χ3v) is 4.31. The lowest BCUT2D eigenvalue weighted by molar-refractivity contribution is 0.271. The zero-order valence-electron chi connectivity index (χ0n) is 12.9. The topological polar surface area (TPSA) is 12.0 Å². The average molecular weight is 241 g/mol. The minimum atomic E-state index is 0.726. The van der Waals surface area contributed by atoms with Crippen LogP contribution in [-0.2, 0) is 0 Å². The van der Waals surface area contributed by atoms with Crippen LogP contribution in [-0.4, -0.2) is 13.1 Å². The van der Waals surface area contributed by atoms with Gasteiger partial charge in [0.25, 0.3) is 0 Å². The van der Waals surface area contributed by atoms with Gasteiger partial charge >= 0.3 is 0 Å². The van der Waals surface area contributed by atoms with Crippen LogP contribution >= 0.6 is 0 Å². The van der Waals surface area contributed by atoms with Gasteiger partial charge in [0.1, 0.15) is 0 Å². The largest absolute Gasteiger partial charge is 0.316 e. The highest BCUT2D eigenvalue weighted by Crippen LogP contribution is 2.41. The van der Waals surface area contributed by atoms with Gasteiger partial charge in [0.15, 0.2) is 0 Å². The van der Waals surface area contributed by atoms with Crippen molar-refractivity contribution in [3.05, 3.63) is 0 Å². The van der Waals surface area contributed by atoms with Crippen LogP contribution in [0.25, 0.3) is 0 Å². The second kappa shape index (κ2) is 9.94. The molecule has 2 unspecified atom stereocenters. The second-order valence-corrected chi connectivity index (χ2v) is 5.13. The molecule has 17 heavy (non-hydrogen) atoms. The molecule has 0 amide bonds. The lowest BCUT2D eigenvalue weighted by Gasteiger charge is -2.26. The highest BCUT2D eigenvalue weighted by atomic mass is 14.9. The summed E-state index contributed by atoms with van der Waals surface area (Å²) in [4.78, 5) is 0. The lowest BCUT2D eigenvalue weighted by atomic mass is 9.79. The van der Waals surface area contributed by atoms with Gasteiger partial charge in [0.2, 0.25) is 0 Å². The molecule has 1 N–H and O–H groups in total. The molecule has 2 aliphatic rings. The molecular weight excluding hydrogens is 206 g/mol. The molecule has 2 fully saturated rings. The fourth-order valence-corrected chi connectivity index (χ4v) is 3.18. The fraction of sp³-hybridized carbons (Fsp3) is 1.00. The number of hydrogen-bond acceptors (Lipinski definition) is 1. The van der Waals surface area contributed by atoms with Crippen molar-refractivity contribution in [3.63, 3.8) is 0 Å². The van der Waals surface area contributed by atoms with Crippen molar-refractivity contribution in [3.8, 4) is 0 Å². The molecule has 0 aromatic heterocycles. The minimum absolute atomic E-state index is 0.726. The summed E-state index contributed by atoms with van der Waals surface area (Å²) in [7, 11) is 0. The first-order valence-corrected chi connectivity index (χ1v) is 8.05. The van der Waals surface area contributed by atoms with Gasteiger partial charge in [-0.25, -0.2) is 0 Å². The SMILES string of the molecule is CC.CC.CCC1CCCC2(CCNC2)CC1. The maximum atomic E-state index is 3.54. The number of nitrogens with one attached hydrogen (secondary N) is 1. The molecule has 0 radical (unpaired) electrons. The molecule has 0 aromatic carbocycles. The van der Waals surface area contributed by atoms with Gasteiger partial charge in [-0.3, -0.25) is 0 Å². The fourth-order valence-electron chi connectivity index (χ4n) is 3.18. The van der Waals surface area contributed by atoms with Crippen LogP contribution in [0.3, 0.4) is 0 Å². The zero-order valence-corrected chi connectivity index (χ0v) is 12.9. The van der Waals surface area contributed by atoms with Crippen molar-refractivity contribution in [1.29, 1.82) is 0 Å². The van der Waals surface area contributed by atoms with E-state index >= 15 is 0 Å². The number of hydrogen-bond donors (Lipinski definition) is 1. The van der Waals surface area contributed by atoms with E-state index in [0.29, 0.717) is 0 Å². The Morgan fingerprint density at radius 1 is 1.00 bits per heavy atom. The Bertz CT molecular complexity index is 159. The van der Waals surface area contributed by atoms with Crippen LogP contribution < -0.4 is 5.32 Å². The molecule has 0 aromatic rings. The van der Waals surface area contributed by atoms with E-state index in [2.05, 4.69) is 12.2 Å². The normalized spacial score (nSPS) is 31.9. The van der Waals surface area contributed by atoms with E-state index in [-0.39, 0.29) is 0 Å². The van der Waals surface area contributed by atoms with Gasteiger partial charge in [-0.1, -0.05) is 53.9 Å². The Morgan fingerprint density at radius 2 is 1.71 bits per heavy atom. The second-order valence-electron chi connectivity index (χ2n) is 5.13. The van der Waals surface area contributed by atoms with E-state index in [0.717, 1.165) is 11.3 Å². The highest BCUT2D eigenvalue weighted by Gasteiger charge is 2.35. The zero-order chi connectivity index (χ0) is 13.1. The molecule has 1 saturated carbocycles. The van der Waals surface area contributed by atoms with Gasteiger partial charge in [-0.05, 0) is 43.6 Å². The standard InChI is InChI=1S/C12H23N.2C2H6/c1-2-11-4-3-6-12(7-5-11)8-9-13-10-12;2*1-2/h11,13H,2-10H2,1H3;2*1-2H3. The van der Waals surface area contributed by atoms with Gasteiger partial charge in [-0.15, -0.1) is 0 Å². The van der Waals surface area contributed by atoms with Crippen LogP contribution in [0.4, 0.5) is 0 Å². The lowest BCUT2D eigenvalue weighted by Crippen LogP contribution is -2.23. The quantitative estimate of drug-likeness (QED) is 0.680. The third-order valence-electron chi connectivity index (χ3n) is 4.31. The molecule has 1 aliphatic heterocycles. The summed E-state index contributed by atoms with van der Waals surface area (Å²) in [6, 6.07) is 0. The highest BCUT2D eigenvalue weighted by molar-refractivity contribution is 4.90. The molecule has 1 aliphatic carbocycles. The first-order chi connectivity index (χ1) is 8.35. The van der Waals surface area contributed by atoms with Gasteiger partial charge in [0.05, 0.1) is 0 Å². The van der Waals surface area contributed by atoms with Crippen molar-refractivity contribution in [1.82, 2.24) is 5.32 Å². The van der Waals surface area contributed by atoms with Crippen molar-refractivity contribution in [2.45, 2.75) is 79.6 Å². The molecule has 1 nitrogen and oxygen atoms in total. The summed E-state index contributed by atoms with van der Waals surface area (Å²) in [6.07, 6.45) is 10.3. The predicted molar refractivity (Wildman–Crippen MR) is 79.5 cm³/mol. The van der Waals surface area contributed by atoms with E-state index in [9.17, 15) is 0 Å². The summed E-state index contributed by atoms with van der Waals surface area (Å²) < 4.78 is 0. The van der Waals surface area contributed by atoms with E-state index in [1.807, 2.05) is 27.7 Å². The maximum Gasteiger partial charge on any atom is 0.000829 e. The molecule has 2 rings (SSSR count).